The van der Waals surface area contributed by atoms with Crippen molar-refractivity contribution in [1.29, 1.82) is 0 Å². The summed E-state index contributed by atoms with van der Waals surface area (Å²) in [6.07, 6.45) is -4.89. The fourth-order valence-corrected chi connectivity index (χ4v) is 0.281. The van der Waals surface area contributed by atoms with Crippen LogP contribution < -0.4 is 0 Å². The van der Waals surface area contributed by atoms with Crippen molar-refractivity contribution in [2.24, 2.45) is 0 Å². The van der Waals surface area contributed by atoms with E-state index in [1.54, 1.807) is 0 Å². The lowest BCUT2D eigenvalue weighted by atomic mass is 10.5. The summed E-state index contributed by atoms with van der Waals surface area (Å²) < 4.78 is 34.2. The predicted octanol–water partition coefficient (Wildman–Crippen LogP) is -0.0431. The third-order valence-corrected chi connectivity index (χ3v) is 0.801. The highest BCUT2D eigenvalue weighted by atomic mass is 19.4. The first kappa shape index (κ1) is 9.22. The van der Waals surface area contributed by atoms with E-state index in [0.717, 1.165) is 7.05 Å². The van der Waals surface area contributed by atoms with Crippen molar-refractivity contribution in [2.45, 2.75) is 6.18 Å². The van der Waals surface area contributed by atoms with Crippen LogP contribution in [-0.2, 0) is 4.79 Å². The number of halogens is 3. The molecule has 6 heteroatoms. The van der Waals surface area contributed by atoms with Crippen molar-refractivity contribution in [3.8, 4) is 0 Å². The van der Waals surface area contributed by atoms with Crippen LogP contribution in [0.1, 0.15) is 0 Å². The van der Waals surface area contributed by atoms with Crippen LogP contribution in [0.5, 0.6) is 0 Å². The van der Waals surface area contributed by atoms with E-state index in [4.69, 9.17) is 5.11 Å². The number of rotatable bonds is 1. The molecule has 0 aromatic heterocycles. The van der Waals surface area contributed by atoms with Crippen molar-refractivity contribution in [2.75, 3.05) is 13.8 Å². The van der Waals surface area contributed by atoms with Gasteiger partial charge < -0.3 is 10.0 Å². The first-order valence-electron chi connectivity index (χ1n) is 2.32. The van der Waals surface area contributed by atoms with Gasteiger partial charge in [-0.05, 0) is 0 Å². The highest BCUT2D eigenvalue weighted by Gasteiger charge is 2.40. The van der Waals surface area contributed by atoms with E-state index in [1.165, 1.54) is 0 Å². The third kappa shape index (κ3) is 2.22. The molecule has 3 nitrogen and oxygen atoms in total. The molecule has 1 N–H and O–H groups in total. The van der Waals surface area contributed by atoms with Crippen molar-refractivity contribution < 1.29 is 23.1 Å². The van der Waals surface area contributed by atoms with E-state index in [-0.39, 0.29) is 4.90 Å². The Hall–Kier alpha value is -0.780. The average molecular weight is 157 g/mol. The molecule has 1 amide bonds. The predicted molar refractivity (Wildman–Crippen MR) is 25.9 cm³/mol. The van der Waals surface area contributed by atoms with E-state index in [0.29, 0.717) is 0 Å². The Kier molecular flexibility index (Phi) is 2.65. The Morgan fingerprint density at radius 2 is 2.00 bits per heavy atom. The van der Waals surface area contributed by atoms with E-state index in [9.17, 15) is 18.0 Å². The van der Waals surface area contributed by atoms with Crippen LogP contribution in [0.15, 0.2) is 0 Å². The van der Waals surface area contributed by atoms with Gasteiger partial charge in [0.25, 0.3) is 0 Å². The van der Waals surface area contributed by atoms with Gasteiger partial charge in [-0.1, -0.05) is 0 Å². The van der Waals surface area contributed by atoms with E-state index in [2.05, 4.69) is 0 Å². The van der Waals surface area contributed by atoms with Crippen LogP contribution in [0.25, 0.3) is 0 Å². The summed E-state index contributed by atoms with van der Waals surface area (Å²) in [4.78, 5) is 10.2. The van der Waals surface area contributed by atoms with Gasteiger partial charge in [0.05, 0.1) is 0 Å². The molecule has 0 saturated carbocycles. The number of amides is 1. The average Bonchev–Trinajstić information content (AvgIpc) is 1.83. The topological polar surface area (TPSA) is 40.5 Å². The molecule has 0 aliphatic heterocycles. The summed E-state index contributed by atoms with van der Waals surface area (Å²) in [7, 11) is 0.857. The van der Waals surface area contributed by atoms with Gasteiger partial charge >= 0.3 is 12.1 Å². The lowest BCUT2D eigenvalue weighted by Gasteiger charge is -2.14. The summed E-state index contributed by atoms with van der Waals surface area (Å²) in [6, 6.07) is 0. The van der Waals surface area contributed by atoms with Gasteiger partial charge in [0.15, 0.2) is 0 Å². The molecule has 0 unspecified atom stereocenters. The monoisotopic (exact) mass is 157 g/mol. The molecule has 0 spiro atoms. The molecule has 0 radical (unpaired) electrons. The van der Waals surface area contributed by atoms with Gasteiger partial charge in [-0.25, -0.2) is 0 Å². The zero-order valence-electron chi connectivity index (χ0n) is 5.14. The number of aliphatic hydroxyl groups excluding tert-OH is 1. The molecule has 0 saturated heterocycles. The largest absolute Gasteiger partial charge is 0.471 e. The SMILES string of the molecule is CN(CO)C(=O)C(F)(F)F. The molecule has 60 valence electrons. The van der Waals surface area contributed by atoms with Gasteiger partial charge in [0.1, 0.15) is 6.73 Å². The molecule has 0 fully saturated rings. The molecule has 0 aromatic carbocycles. The molecule has 0 heterocycles. The fraction of sp³-hybridized carbons (Fsp3) is 0.750. The molecule has 10 heavy (non-hydrogen) atoms. The zero-order valence-corrected chi connectivity index (χ0v) is 5.14. The van der Waals surface area contributed by atoms with Crippen LogP contribution in [0.4, 0.5) is 13.2 Å². The van der Waals surface area contributed by atoms with Crippen molar-refractivity contribution in [3.63, 3.8) is 0 Å². The maximum Gasteiger partial charge on any atom is 0.471 e. The first-order valence-corrected chi connectivity index (χ1v) is 2.32. The smallest absolute Gasteiger partial charge is 0.376 e. The Bertz CT molecular complexity index is 133. The number of aliphatic hydroxyl groups is 1. The number of nitrogens with zero attached hydrogens (tertiary/aromatic N) is 1. The number of carbonyl (C=O) groups is 1. The maximum atomic E-state index is 11.4. The molecule has 0 atom stereocenters. The van der Waals surface area contributed by atoms with E-state index < -0.39 is 18.8 Å². The van der Waals surface area contributed by atoms with Gasteiger partial charge in [0, 0.05) is 7.05 Å². The lowest BCUT2D eigenvalue weighted by molar-refractivity contribution is -0.187. The minimum Gasteiger partial charge on any atom is -0.376 e. The summed E-state index contributed by atoms with van der Waals surface area (Å²) in [5, 5.41) is 8.07. The molecular formula is C4H6F3NO2. The second kappa shape index (κ2) is 2.87. The van der Waals surface area contributed by atoms with E-state index in [1.807, 2.05) is 0 Å². The maximum absolute atomic E-state index is 11.4. The lowest BCUT2D eigenvalue weighted by Crippen LogP contribution is -2.38. The Morgan fingerprint density at radius 3 is 2.10 bits per heavy atom. The molecular weight excluding hydrogens is 151 g/mol. The standard InChI is InChI=1S/C4H6F3NO2/c1-8(2-9)3(10)4(5,6)7/h9H,2H2,1H3. The minimum atomic E-state index is -4.89. The highest BCUT2D eigenvalue weighted by Crippen LogP contribution is 2.16. The highest BCUT2D eigenvalue weighted by molar-refractivity contribution is 5.81. The summed E-state index contributed by atoms with van der Waals surface area (Å²) >= 11 is 0. The van der Waals surface area contributed by atoms with Gasteiger partial charge in [-0.15, -0.1) is 0 Å². The Balaban J connectivity index is 4.09. The molecule has 0 rings (SSSR count). The van der Waals surface area contributed by atoms with Crippen molar-refractivity contribution in [3.05, 3.63) is 0 Å². The normalized spacial score (nSPS) is 11.3. The quantitative estimate of drug-likeness (QED) is 0.542. The second-order valence-corrected chi connectivity index (χ2v) is 1.64. The first-order chi connectivity index (χ1) is 4.39. The number of hydrogen-bond acceptors (Lipinski definition) is 2. The summed E-state index contributed by atoms with van der Waals surface area (Å²) in [6.45, 7) is -0.932. The summed E-state index contributed by atoms with van der Waals surface area (Å²) in [5.41, 5.74) is 0. The van der Waals surface area contributed by atoms with Crippen LogP contribution in [-0.4, -0.2) is 35.9 Å². The molecule has 0 aliphatic carbocycles. The summed E-state index contributed by atoms with van der Waals surface area (Å²) in [5.74, 6) is -2.05. The van der Waals surface area contributed by atoms with Gasteiger partial charge in [0.2, 0.25) is 0 Å². The molecule has 0 aromatic rings. The van der Waals surface area contributed by atoms with Crippen LogP contribution >= 0.6 is 0 Å². The third-order valence-electron chi connectivity index (χ3n) is 0.801. The van der Waals surface area contributed by atoms with Crippen LogP contribution in [0.3, 0.4) is 0 Å². The Morgan fingerprint density at radius 1 is 1.60 bits per heavy atom. The van der Waals surface area contributed by atoms with Crippen LogP contribution in [0, 0.1) is 0 Å². The zero-order chi connectivity index (χ0) is 8.36. The van der Waals surface area contributed by atoms with E-state index >= 15 is 0 Å². The van der Waals surface area contributed by atoms with Gasteiger partial charge in [-0.2, -0.15) is 13.2 Å². The van der Waals surface area contributed by atoms with Gasteiger partial charge in [-0.3, -0.25) is 4.79 Å². The van der Waals surface area contributed by atoms with Crippen molar-refractivity contribution in [1.82, 2.24) is 4.90 Å². The second-order valence-electron chi connectivity index (χ2n) is 1.64. The van der Waals surface area contributed by atoms with Crippen LogP contribution in [0.2, 0.25) is 0 Å². The number of hydrogen-bond donors (Lipinski definition) is 1. The minimum absolute atomic E-state index is 0.167. The number of alkyl halides is 3. The fourth-order valence-electron chi connectivity index (χ4n) is 0.281. The molecule has 0 aliphatic rings. The molecule has 0 bridgehead atoms. The Labute approximate surface area is 55.0 Å². The van der Waals surface area contributed by atoms with Crippen molar-refractivity contribution >= 4 is 5.91 Å². The number of carbonyl (C=O) groups excluding carboxylic acids is 1.